The van der Waals surface area contributed by atoms with E-state index in [1.54, 1.807) is 0 Å². The summed E-state index contributed by atoms with van der Waals surface area (Å²) in [6, 6.07) is 6.36. The lowest BCUT2D eigenvalue weighted by Crippen LogP contribution is -2.10. The summed E-state index contributed by atoms with van der Waals surface area (Å²) in [5, 5.41) is 0. The highest BCUT2D eigenvalue weighted by molar-refractivity contribution is 5.42. The monoisotopic (exact) mass is 187 g/mol. The molecule has 0 aliphatic heterocycles. The largest absolute Gasteiger partial charge is 0.299 e. The Kier molecular flexibility index (Phi) is 3.73. The van der Waals surface area contributed by atoms with Gasteiger partial charge in [0.05, 0.1) is 6.54 Å². The number of rotatable bonds is 1. The normalized spacial score (nSPS) is 9.79. The van der Waals surface area contributed by atoms with Crippen LogP contribution >= 0.6 is 0 Å². The summed E-state index contributed by atoms with van der Waals surface area (Å²) in [7, 11) is 4.05. The summed E-state index contributed by atoms with van der Waals surface area (Å²) >= 11 is 0. The fourth-order valence-corrected chi connectivity index (χ4v) is 1.25. The van der Waals surface area contributed by atoms with E-state index >= 15 is 0 Å². The van der Waals surface area contributed by atoms with Crippen molar-refractivity contribution in [3.05, 3.63) is 34.9 Å². The van der Waals surface area contributed by atoms with E-state index in [4.69, 9.17) is 0 Å². The first-order chi connectivity index (χ1) is 6.59. The highest BCUT2D eigenvalue weighted by Crippen LogP contribution is 2.08. The molecule has 1 nitrogen and oxygen atoms in total. The van der Waals surface area contributed by atoms with Crippen LogP contribution < -0.4 is 0 Å². The average molecular weight is 187 g/mol. The standard InChI is InChI=1S/C13H17N/c1-11-7-8-13(12(2)10-11)6-5-9-14(3)4/h7-8,10H,9H2,1-4H3. The Labute approximate surface area is 86.7 Å². The van der Waals surface area contributed by atoms with Gasteiger partial charge < -0.3 is 0 Å². The second kappa shape index (κ2) is 4.83. The molecule has 0 fully saturated rings. The Bertz CT molecular complexity index is 367. The van der Waals surface area contributed by atoms with Gasteiger partial charge in [0.1, 0.15) is 0 Å². The maximum atomic E-state index is 3.18. The van der Waals surface area contributed by atoms with Gasteiger partial charge in [-0.3, -0.25) is 4.90 Å². The summed E-state index contributed by atoms with van der Waals surface area (Å²) in [6.07, 6.45) is 0. The predicted octanol–water partition coefficient (Wildman–Crippen LogP) is 2.22. The Morgan fingerprint density at radius 2 is 1.93 bits per heavy atom. The van der Waals surface area contributed by atoms with Gasteiger partial charge in [0, 0.05) is 5.56 Å². The van der Waals surface area contributed by atoms with Crippen LogP contribution in [0, 0.1) is 25.7 Å². The van der Waals surface area contributed by atoms with Crippen molar-refractivity contribution >= 4 is 0 Å². The van der Waals surface area contributed by atoms with Crippen molar-refractivity contribution in [3.63, 3.8) is 0 Å². The highest BCUT2D eigenvalue weighted by Gasteiger charge is 1.93. The van der Waals surface area contributed by atoms with Gasteiger partial charge in [-0.25, -0.2) is 0 Å². The van der Waals surface area contributed by atoms with Gasteiger partial charge in [-0.1, -0.05) is 29.5 Å². The Morgan fingerprint density at radius 3 is 2.50 bits per heavy atom. The van der Waals surface area contributed by atoms with E-state index < -0.39 is 0 Å². The fourth-order valence-electron chi connectivity index (χ4n) is 1.25. The molecule has 0 bridgehead atoms. The minimum absolute atomic E-state index is 0.813. The fraction of sp³-hybridized carbons (Fsp3) is 0.385. The Morgan fingerprint density at radius 1 is 1.21 bits per heavy atom. The van der Waals surface area contributed by atoms with Crippen LogP contribution in [-0.4, -0.2) is 25.5 Å². The van der Waals surface area contributed by atoms with Gasteiger partial charge in [-0.2, -0.15) is 0 Å². The maximum Gasteiger partial charge on any atom is 0.0600 e. The van der Waals surface area contributed by atoms with Crippen LogP contribution in [-0.2, 0) is 0 Å². The zero-order chi connectivity index (χ0) is 10.6. The van der Waals surface area contributed by atoms with Crippen molar-refractivity contribution in [1.82, 2.24) is 4.90 Å². The minimum atomic E-state index is 0.813. The summed E-state index contributed by atoms with van der Waals surface area (Å²) in [4.78, 5) is 2.07. The SMILES string of the molecule is Cc1ccc(C#CCN(C)C)c(C)c1. The van der Waals surface area contributed by atoms with Gasteiger partial charge in [0.15, 0.2) is 0 Å². The van der Waals surface area contributed by atoms with Crippen LogP contribution in [0.4, 0.5) is 0 Å². The summed E-state index contributed by atoms with van der Waals surface area (Å²) in [6.45, 7) is 5.02. The zero-order valence-electron chi connectivity index (χ0n) is 9.39. The zero-order valence-corrected chi connectivity index (χ0v) is 9.39. The summed E-state index contributed by atoms with van der Waals surface area (Å²) in [5.41, 5.74) is 3.69. The third-order valence-corrected chi connectivity index (χ3v) is 2.00. The van der Waals surface area contributed by atoms with Crippen LogP contribution in [0.3, 0.4) is 0 Å². The first-order valence-corrected chi connectivity index (χ1v) is 4.80. The number of aryl methyl sites for hydroxylation is 2. The highest BCUT2D eigenvalue weighted by atomic mass is 15.0. The van der Waals surface area contributed by atoms with E-state index in [0.29, 0.717) is 0 Å². The maximum absolute atomic E-state index is 3.18. The van der Waals surface area contributed by atoms with Gasteiger partial charge in [-0.15, -0.1) is 0 Å². The van der Waals surface area contributed by atoms with Crippen molar-refractivity contribution in [1.29, 1.82) is 0 Å². The first kappa shape index (κ1) is 10.8. The molecule has 1 heteroatoms. The minimum Gasteiger partial charge on any atom is -0.299 e. The molecule has 0 aliphatic carbocycles. The van der Waals surface area contributed by atoms with E-state index in [2.05, 4.69) is 48.8 Å². The van der Waals surface area contributed by atoms with Crippen LogP contribution in [0.25, 0.3) is 0 Å². The molecule has 0 N–H and O–H groups in total. The molecule has 0 atom stereocenters. The van der Waals surface area contributed by atoms with Crippen molar-refractivity contribution in [3.8, 4) is 11.8 Å². The van der Waals surface area contributed by atoms with E-state index in [-0.39, 0.29) is 0 Å². The molecule has 0 unspecified atom stereocenters. The topological polar surface area (TPSA) is 3.24 Å². The van der Waals surface area contributed by atoms with Gasteiger partial charge in [-0.05, 0) is 39.6 Å². The lowest BCUT2D eigenvalue weighted by atomic mass is 10.1. The smallest absolute Gasteiger partial charge is 0.0600 e. The summed E-state index contributed by atoms with van der Waals surface area (Å²) < 4.78 is 0. The number of benzene rings is 1. The van der Waals surface area contributed by atoms with E-state index in [9.17, 15) is 0 Å². The van der Waals surface area contributed by atoms with Gasteiger partial charge in [0.2, 0.25) is 0 Å². The molecular weight excluding hydrogens is 170 g/mol. The predicted molar refractivity (Wildman–Crippen MR) is 61.3 cm³/mol. The van der Waals surface area contributed by atoms with Crippen molar-refractivity contribution in [2.45, 2.75) is 13.8 Å². The number of hydrogen-bond donors (Lipinski definition) is 0. The average Bonchev–Trinajstić information content (AvgIpc) is 2.08. The molecule has 0 saturated heterocycles. The molecule has 0 spiro atoms. The van der Waals surface area contributed by atoms with Crippen molar-refractivity contribution in [2.75, 3.05) is 20.6 Å². The van der Waals surface area contributed by atoms with Crippen molar-refractivity contribution in [2.24, 2.45) is 0 Å². The summed E-state index contributed by atoms with van der Waals surface area (Å²) in [5.74, 6) is 6.32. The van der Waals surface area contributed by atoms with E-state index in [1.165, 1.54) is 11.1 Å². The molecule has 1 aromatic rings. The van der Waals surface area contributed by atoms with E-state index in [1.807, 2.05) is 14.1 Å². The van der Waals surface area contributed by atoms with Crippen LogP contribution in [0.1, 0.15) is 16.7 Å². The third kappa shape index (κ3) is 3.24. The molecule has 0 aromatic heterocycles. The Balaban J connectivity index is 2.80. The van der Waals surface area contributed by atoms with Crippen LogP contribution in [0.15, 0.2) is 18.2 Å². The van der Waals surface area contributed by atoms with Crippen LogP contribution in [0.5, 0.6) is 0 Å². The lowest BCUT2D eigenvalue weighted by molar-refractivity contribution is 0.464. The molecule has 14 heavy (non-hydrogen) atoms. The van der Waals surface area contributed by atoms with E-state index in [0.717, 1.165) is 12.1 Å². The molecule has 0 saturated carbocycles. The number of nitrogens with zero attached hydrogens (tertiary/aromatic N) is 1. The molecule has 0 heterocycles. The first-order valence-electron chi connectivity index (χ1n) is 4.80. The number of hydrogen-bond acceptors (Lipinski definition) is 1. The second-order valence-corrected chi connectivity index (χ2v) is 3.86. The second-order valence-electron chi connectivity index (χ2n) is 3.86. The van der Waals surface area contributed by atoms with Gasteiger partial charge >= 0.3 is 0 Å². The van der Waals surface area contributed by atoms with Crippen molar-refractivity contribution < 1.29 is 0 Å². The molecule has 1 aromatic carbocycles. The third-order valence-electron chi connectivity index (χ3n) is 2.00. The molecule has 0 radical (unpaired) electrons. The molecule has 1 rings (SSSR count). The molecule has 0 aliphatic rings. The quantitative estimate of drug-likeness (QED) is 0.609. The van der Waals surface area contributed by atoms with Crippen LogP contribution in [0.2, 0.25) is 0 Å². The lowest BCUT2D eigenvalue weighted by Gasteiger charge is -2.02. The van der Waals surface area contributed by atoms with Gasteiger partial charge in [0.25, 0.3) is 0 Å². The molecular formula is C13H17N. The Hall–Kier alpha value is -1.26. The molecule has 74 valence electrons. The molecule has 0 amide bonds.